The molecule has 0 aromatic carbocycles. The first-order valence-electron chi connectivity index (χ1n) is 8.34. The summed E-state index contributed by atoms with van der Waals surface area (Å²) < 4.78 is 1.73. The number of piperidine rings is 1. The Morgan fingerprint density at radius 2 is 2.12 bits per heavy atom. The topological polar surface area (TPSA) is 71.2 Å². The van der Waals surface area contributed by atoms with Crippen molar-refractivity contribution in [2.75, 3.05) is 19.7 Å². The van der Waals surface area contributed by atoms with E-state index in [4.69, 9.17) is 0 Å². The van der Waals surface area contributed by atoms with E-state index in [1.54, 1.807) is 10.9 Å². The fraction of sp³-hybridized carbons (Fsp3) is 0.588. The smallest absolute Gasteiger partial charge is 0.265 e. The Bertz CT molecular complexity index is 723. The monoisotopic (exact) mass is 348 g/mol. The second kappa shape index (κ2) is 6.64. The molecule has 0 unspecified atom stereocenters. The highest BCUT2D eigenvalue weighted by molar-refractivity contribution is 7.17. The van der Waals surface area contributed by atoms with Crippen LogP contribution in [0.1, 0.15) is 41.6 Å². The molecule has 1 saturated heterocycles. The minimum atomic E-state index is -0.0135. The van der Waals surface area contributed by atoms with Crippen LogP contribution in [0.15, 0.2) is 12.4 Å². The fourth-order valence-electron chi connectivity index (χ4n) is 3.20. The van der Waals surface area contributed by atoms with Crippen LogP contribution in [0.5, 0.6) is 0 Å². The maximum absolute atomic E-state index is 12.9. The molecule has 2 aromatic rings. The van der Waals surface area contributed by atoms with Crippen LogP contribution in [0.4, 0.5) is 0 Å². The molecule has 0 saturated carbocycles. The largest absolute Gasteiger partial charge is 0.396 e. The molecular weight excluding hydrogens is 324 g/mol. The summed E-state index contributed by atoms with van der Waals surface area (Å²) in [5.74, 6) is 0.0581. The Hall–Kier alpha value is -1.73. The quantitative estimate of drug-likeness (QED) is 0.921. The van der Waals surface area contributed by atoms with Gasteiger partial charge in [-0.25, -0.2) is 4.98 Å². The molecule has 3 rings (SSSR count). The van der Waals surface area contributed by atoms with Gasteiger partial charge in [0.15, 0.2) is 0 Å². The van der Waals surface area contributed by atoms with Crippen molar-refractivity contribution in [3.05, 3.63) is 23.0 Å². The molecule has 3 heterocycles. The number of aliphatic hydroxyl groups is 1. The third kappa shape index (κ3) is 3.10. The highest BCUT2D eigenvalue weighted by Crippen LogP contribution is 2.35. The summed E-state index contributed by atoms with van der Waals surface area (Å²) in [6, 6.07) is 0. The van der Waals surface area contributed by atoms with Crippen molar-refractivity contribution in [2.24, 2.45) is 12.5 Å². The second-order valence-corrected chi connectivity index (χ2v) is 7.64. The third-order valence-electron chi connectivity index (χ3n) is 5.14. The summed E-state index contributed by atoms with van der Waals surface area (Å²) in [7, 11) is 1.87. The normalized spacial score (nSPS) is 17.2. The molecule has 7 heteroatoms. The number of nitrogens with zero attached hydrogens (tertiary/aromatic N) is 4. The van der Waals surface area contributed by atoms with Gasteiger partial charge in [-0.3, -0.25) is 9.48 Å². The molecule has 0 atom stereocenters. The average molecular weight is 348 g/mol. The molecule has 0 spiro atoms. The van der Waals surface area contributed by atoms with Crippen molar-refractivity contribution in [1.82, 2.24) is 19.7 Å². The number of likely N-dealkylation sites (tertiary alicyclic amines) is 1. The Balaban J connectivity index is 1.75. The molecule has 1 aliphatic rings. The van der Waals surface area contributed by atoms with E-state index in [1.165, 1.54) is 11.3 Å². The molecular formula is C17H24N4O2S. The maximum Gasteiger partial charge on any atom is 0.265 e. The summed E-state index contributed by atoms with van der Waals surface area (Å²) in [5.41, 5.74) is 1.70. The van der Waals surface area contributed by atoms with Gasteiger partial charge in [-0.2, -0.15) is 5.10 Å². The lowest BCUT2D eigenvalue weighted by Gasteiger charge is -2.40. The molecule has 6 nitrogen and oxygen atoms in total. The minimum absolute atomic E-state index is 0.0135. The lowest BCUT2D eigenvalue weighted by atomic mass is 9.77. The van der Waals surface area contributed by atoms with E-state index < -0.39 is 0 Å². The fourth-order valence-corrected chi connectivity index (χ4v) is 4.21. The zero-order valence-electron chi connectivity index (χ0n) is 14.4. The molecule has 0 radical (unpaired) electrons. The van der Waals surface area contributed by atoms with Gasteiger partial charge < -0.3 is 10.0 Å². The Morgan fingerprint density at radius 3 is 2.67 bits per heavy atom. The van der Waals surface area contributed by atoms with Crippen LogP contribution in [-0.4, -0.2) is 50.4 Å². The molecule has 0 aliphatic carbocycles. The zero-order chi connectivity index (χ0) is 17.3. The summed E-state index contributed by atoms with van der Waals surface area (Å²) in [4.78, 5) is 20.0. The molecule has 130 valence electrons. The number of hydrogen-bond donors (Lipinski definition) is 1. The standard InChI is InChI=1S/C17H24N4O2S/c1-4-17(11-22)5-7-21(8-6-17)16(23)14-12(2)19-15(24-14)13-9-18-20(3)10-13/h9-10,22H,4-8,11H2,1-3H3. The number of carbonyl (C=O) groups excluding carboxylic acids is 1. The van der Waals surface area contributed by atoms with Gasteiger partial charge in [0.2, 0.25) is 0 Å². The number of aliphatic hydroxyl groups excluding tert-OH is 1. The Labute approximate surface area is 146 Å². The van der Waals surface area contributed by atoms with Crippen molar-refractivity contribution in [1.29, 1.82) is 0 Å². The Morgan fingerprint density at radius 1 is 1.42 bits per heavy atom. The molecule has 1 fully saturated rings. The van der Waals surface area contributed by atoms with E-state index in [9.17, 15) is 9.90 Å². The van der Waals surface area contributed by atoms with Crippen molar-refractivity contribution in [2.45, 2.75) is 33.1 Å². The van der Waals surface area contributed by atoms with Crippen LogP contribution >= 0.6 is 11.3 Å². The van der Waals surface area contributed by atoms with Gasteiger partial charge in [-0.1, -0.05) is 6.92 Å². The zero-order valence-corrected chi connectivity index (χ0v) is 15.3. The number of aryl methyl sites for hydroxylation is 2. The average Bonchev–Trinajstić information content (AvgIpc) is 3.20. The predicted molar refractivity (Wildman–Crippen MR) is 94.0 cm³/mol. The van der Waals surface area contributed by atoms with Crippen LogP contribution in [0.25, 0.3) is 10.6 Å². The van der Waals surface area contributed by atoms with E-state index in [0.29, 0.717) is 18.0 Å². The Kier molecular flexibility index (Phi) is 4.73. The summed E-state index contributed by atoms with van der Waals surface area (Å²) in [6.45, 7) is 5.61. The SMILES string of the molecule is CCC1(CO)CCN(C(=O)c2sc(-c3cnn(C)c3)nc2C)CC1. The van der Waals surface area contributed by atoms with E-state index in [2.05, 4.69) is 17.0 Å². The van der Waals surface area contributed by atoms with Gasteiger partial charge in [0.25, 0.3) is 5.91 Å². The molecule has 1 N–H and O–H groups in total. The van der Waals surface area contributed by atoms with Gasteiger partial charge in [0, 0.05) is 38.5 Å². The van der Waals surface area contributed by atoms with E-state index in [1.807, 2.05) is 25.1 Å². The van der Waals surface area contributed by atoms with Gasteiger partial charge >= 0.3 is 0 Å². The van der Waals surface area contributed by atoms with E-state index in [-0.39, 0.29) is 17.9 Å². The van der Waals surface area contributed by atoms with E-state index >= 15 is 0 Å². The van der Waals surface area contributed by atoms with Crippen molar-refractivity contribution in [3.63, 3.8) is 0 Å². The third-order valence-corrected chi connectivity index (χ3v) is 6.33. The number of hydrogen-bond acceptors (Lipinski definition) is 5. The number of amides is 1. The number of aromatic nitrogens is 3. The van der Waals surface area contributed by atoms with Gasteiger partial charge in [-0.05, 0) is 31.6 Å². The number of thiazole rings is 1. The van der Waals surface area contributed by atoms with Crippen molar-refractivity contribution < 1.29 is 9.90 Å². The molecule has 2 aromatic heterocycles. The van der Waals surface area contributed by atoms with Crippen LogP contribution in [0, 0.1) is 12.3 Å². The van der Waals surface area contributed by atoms with Crippen LogP contribution in [0.2, 0.25) is 0 Å². The van der Waals surface area contributed by atoms with Crippen LogP contribution in [0.3, 0.4) is 0 Å². The van der Waals surface area contributed by atoms with E-state index in [0.717, 1.165) is 35.5 Å². The lowest BCUT2D eigenvalue weighted by Crippen LogP contribution is -2.44. The van der Waals surface area contributed by atoms with Crippen molar-refractivity contribution in [3.8, 4) is 10.6 Å². The number of carbonyl (C=O) groups is 1. The molecule has 24 heavy (non-hydrogen) atoms. The van der Waals surface area contributed by atoms with Gasteiger partial charge in [0.1, 0.15) is 9.88 Å². The van der Waals surface area contributed by atoms with Gasteiger partial charge in [0.05, 0.1) is 11.9 Å². The molecule has 1 aliphatic heterocycles. The first kappa shape index (κ1) is 17.1. The minimum Gasteiger partial charge on any atom is -0.396 e. The van der Waals surface area contributed by atoms with Gasteiger partial charge in [-0.15, -0.1) is 11.3 Å². The number of rotatable bonds is 4. The molecule has 1 amide bonds. The predicted octanol–water partition coefficient (Wildman–Crippen LogP) is 2.48. The summed E-state index contributed by atoms with van der Waals surface area (Å²) in [5, 5.41) is 14.6. The van der Waals surface area contributed by atoms with Crippen LogP contribution < -0.4 is 0 Å². The molecule has 0 bridgehead atoms. The summed E-state index contributed by atoms with van der Waals surface area (Å²) in [6.07, 6.45) is 6.35. The van der Waals surface area contributed by atoms with Crippen molar-refractivity contribution >= 4 is 17.2 Å². The first-order valence-corrected chi connectivity index (χ1v) is 9.16. The second-order valence-electron chi connectivity index (χ2n) is 6.64. The van der Waals surface area contributed by atoms with Crippen LogP contribution in [-0.2, 0) is 7.05 Å². The highest BCUT2D eigenvalue weighted by atomic mass is 32.1. The lowest BCUT2D eigenvalue weighted by molar-refractivity contribution is 0.0340. The summed E-state index contributed by atoms with van der Waals surface area (Å²) >= 11 is 1.43. The highest BCUT2D eigenvalue weighted by Gasteiger charge is 2.35. The first-order chi connectivity index (χ1) is 11.5. The maximum atomic E-state index is 12.9.